The van der Waals surface area contributed by atoms with Crippen molar-refractivity contribution in [1.82, 2.24) is 18.8 Å². The molecule has 0 amide bonds. The fraction of sp³-hybridized carbons (Fsp3) is 0.864. The van der Waals surface area contributed by atoms with Gasteiger partial charge in [-0.15, -0.1) is 0 Å². The van der Waals surface area contributed by atoms with Crippen molar-refractivity contribution in [1.29, 1.82) is 0 Å². The summed E-state index contributed by atoms with van der Waals surface area (Å²) in [5.74, 6) is 0.00189. The molecule has 1 aromatic heterocycles. The lowest BCUT2D eigenvalue weighted by atomic mass is 9.99. The summed E-state index contributed by atoms with van der Waals surface area (Å²) in [4.78, 5) is 6.62. The molecule has 178 valence electrons. The third-order valence-electron chi connectivity index (χ3n) is 6.35. The molecule has 0 bridgehead atoms. The smallest absolute Gasteiger partial charge is 0.262 e. The molecule has 3 rings (SSSR count). The Balaban J connectivity index is 1.82. The predicted molar refractivity (Wildman–Crippen MR) is 120 cm³/mol. The van der Waals surface area contributed by atoms with Gasteiger partial charge in [0.15, 0.2) is 11.3 Å². The first-order chi connectivity index (χ1) is 15.0. The Hall–Kier alpha value is -1.00. The van der Waals surface area contributed by atoms with Gasteiger partial charge in [-0.25, -0.2) is 13.4 Å². The monoisotopic (exact) mass is 456 g/mol. The number of nitrogens with zero attached hydrogens (tertiary/aromatic N) is 4. The summed E-state index contributed by atoms with van der Waals surface area (Å²) in [5, 5.41) is 0.114. The Kier molecular flexibility index (Phi) is 9.33. The molecule has 2 atom stereocenters. The Morgan fingerprint density at radius 3 is 2.26 bits per heavy atom. The van der Waals surface area contributed by atoms with Gasteiger partial charge in [-0.2, -0.15) is 4.31 Å². The minimum absolute atomic E-state index is 0.00189. The number of aromatic nitrogens is 2. The van der Waals surface area contributed by atoms with Crippen molar-refractivity contribution >= 4 is 10.0 Å². The largest absolute Gasteiger partial charge is 0.352 e. The van der Waals surface area contributed by atoms with Crippen molar-refractivity contribution in [2.24, 2.45) is 13.0 Å². The Morgan fingerprint density at radius 2 is 1.71 bits per heavy atom. The van der Waals surface area contributed by atoms with Crippen molar-refractivity contribution in [2.45, 2.75) is 76.2 Å². The number of imidazole rings is 1. The minimum atomic E-state index is -3.64. The lowest BCUT2D eigenvalue weighted by Gasteiger charge is -2.37. The van der Waals surface area contributed by atoms with E-state index in [1.54, 1.807) is 22.1 Å². The van der Waals surface area contributed by atoms with Gasteiger partial charge in [0, 0.05) is 38.3 Å². The van der Waals surface area contributed by atoms with E-state index in [4.69, 9.17) is 9.47 Å². The highest BCUT2D eigenvalue weighted by atomic mass is 32.2. The maximum Gasteiger partial charge on any atom is 0.262 e. The van der Waals surface area contributed by atoms with Gasteiger partial charge in [0.05, 0.1) is 19.5 Å². The number of ether oxygens (including phenoxy) is 2. The van der Waals surface area contributed by atoms with E-state index in [0.717, 1.165) is 32.4 Å². The van der Waals surface area contributed by atoms with Gasteiger partial charge >= 0.3 is 0 Å². The van der Waals surface area contributed by atoms with Crippen LogP contribution in [0.1, 0.15) is 58.8 Å². The van der Waals surface area contributed by atoms with E-state index in [1.807, 2.05) is 0 Å². The fourth-order valence-corrected chi connectivity index (χ4v) is 6.07. The van der Waals surface area contributed by atoms with E-state index in [1.165, 1.54) is 32.0 Å². The molecule has 2 saturated heterocycles. The van der Waals surface area contributed by atoms with Gasteiger partial charge in [0.1, 0.15) is 0 Å². The van der Waals surface area contributed by atoms with Gasteiger partial charge in [-0.1, -0.05) is 39.5 Å². The summed E-state index contributed by atoms with van der Waals surface area (Å²) < 4.78 is 41.8. The molecule has 9 heteroatoms. The molecule has 31 heavy (non-hydrogen) atoms. The number of hydrogen-bond acceptors (Lipinski definition) is 6. The molecule has 0 aliphatic carbocycles. The summed E-state index contributed by atoms with van der Waals surface area (Å²) in [6.45, 7) is 8.62. The number of rotatable bonds is 12. The SMILES string of the molecule is CCCCCN(CCCCC)[C@H]1CN(S(=O)(=O)c2cn(C)cn2)C[C@@H]1C1OCCCO1. The molecule has 0 spiro atoms. The van der Waals surface area contributed by atoms with Crippen molar-refractivity contribution in [3.63, 3.8) is 0 Å². The van der Waals surface area contributed by atoms with Crippen LogP contribution in [0.25, 0.3) is 0 Å². The minimum Gasteiger partial charge on any atom is -0.352 e. The van der Waals surface area contributed by atoms with Gasteiger partial charge in [0.2, 0.25) is 0 Å². The Bertz CT molecular complexity index is 753. The van der Waals surface area contributed by atoms with Crippen LogP contribution < -0.4 is 0 Å². The van der Waals surface area contributed by atoms with Crippen LogP contribution in [0.4, 0.5) is 0 Å². The number of hydrogen-bond donors (Lipinski definition) is 0. The standard InChI is InChI=1S/C22H40N4O4S/c1-4-6-8-11-25(12-9-7-5-2)20-16-26(15-19(20)22-29-13-10-14-30-22)31(27,28)21-17-24(3)18-23-21/h17-20,22H,4-16H2,1-3H3/t19-,20-/m0/s1. The van der Waals surface area contributed by atoms with E-state index in [2.05, 4.69) is 23.7 Å². The molecule has 2 aliphatic rings. The Labute approximate surface area is 187 Å². The van der Waals surface area contributed by atoms with Crippen LogP contribution in [0.2, 0.25) is 0 Å². The van der Waals surface area contributed by atoms with Crippen molar-refractivity contribution in [3.05, 3.63) is 12.5 Å². The second-order valence-electron chi connectivity index (χ2n) is 8.84. The second kappa shape index (κ2) is 11.7. The molecule has 0 saturated carbocycles. The van der Waals surface area contributed by atoms with E-state index in [-0.39, 0.29) is 23.3 Å². The molecule has 0 radical (unpaired) electrons. The van der Waals surface area contributed by atoms with Crippen LogP contribution in [0.15, 0.2) is 17.6 Å². The first-order valence-corrected chi connectivity index (χ1v) is 13.4. The third-order valence-corrected chi connectivity index (χ3v) is 8.07. The maximum atomic E-state index is 13.3. The quantitative estimate of drug-likeness (QED) is 0.450. The highest BCUT2D eigenvalue weighted by Crippen LogP contribution is 2.32. The first-order valence-electron chi connectivity index (χ1n) is 11.9. The van der Waals surface area contributed by atoms with Gasteiger partial charge < -0.3 is 14.0 Å². The average molecular weight is 457 g/mol. The molecule has 1 aromatic rings. The normalized spacial score (nSPS) is 23.7. The van der Waals surface area contributed by atoms with Gasteiger partial charge in [-0.05, 0) is 32.4 Å². The molecule has 0 N–H and O–H groups in total. The molecule has 0 unspecified atom stereocenters. The summed E-state index contributed by atoms with van der Waals surface area (Å²) in [7, 11) is -1.86. The number of sulfonamides is 1. The van der Waals surface area contributed by atoms with Crippen molar-refractivity contribution in [2.75, 3.05) is 39.4 Å². The van der Waals surface area contributed by atoms with Crippen LogP contribution in [-0.4, -0.2) is 78.9 Å². The molecular formula is C22H40N4O4S. The maximum absolute atomic E-state index is 13.3. The van der Waals surface area contributed by atoms with E-state index in [9.17, 15) is 8.42 Å². The predicted octanol–water partition coefficient (Wildman–Crippen LogP) is 2.85. The molecule has 2 fully saturated rings. The van der Waals surface area contributed by atoms with Crippen molar-refractivity contribution < 1.29 is 17.9 Å². The molecular weight excluding hydrogens is 416 g/mol. The van der Waals surface area contributed by atoms with Crippen LogP contribution in [0, 0.1) is 5.92 Å². The summed E-state index contributed by atoms with van der Waals surface area (Å²) in [6.07, 6.45) is 10.6. The van der Waals surface area contributed by atoms with Crippen LogP contribution in [0.3, 0.4) is 0 Å². The lowest BCUT2D eigenvalue weighted by Crippen LogP contribution is -2.47. The van der Waals surface area contributed by atoms with E-state index in [0.29, 0.717) is 26.3 Å². The summed E-state index contributed by atoms with van der Waals surface area (Å²) in [6, 6.07) is 0.0929. The lowest BCUT2D eigenvalue weighted by molar-refractivity contribution is -0.209. The van der Waals surface area contributed by atoms with Crippen LogP contribution in [0.5, 0.6) is 0 Å². The molecule has 3 heterocycles. The second-order valence-corrected chi connectivity index (χ2v) is 10.7. The van der Waals surface area contributed by atoms with Crippen LogP contribution >= 0.6 is 0 Å². The van der Waals surface area contributed by atoms with Crippen LogP contribution in [-0.2, 0) is 26.5 Å². The Morgan fingerprint density at radius 1 is 1.06 bits per heavy atom. The zero-order chi connectivity index (χ0) is 22.3. The van der Waals surface area contributed by atoms with Gasteiger partial charge in [0.25, 0.3) is 10.0 Å². The third kappa shape index (κ3) is 6.28. The highest BCUT2D eigenvalue weighted by Gasteiger charge is 2.46. The molecule has 0 aromatic carbocycles. The molecule has 2 aliphatic heterocycles. The van der Waals surface area contributed by atoms with Crippen molar-refractivity contribution in [3.8, 4) is 0 Å². The first kappa shape index (κ1) is 24.6. The van der Waals surface area contributed by atoms with E-state index >= 15 is 0 Å². The van der Waals surface area contributed by atoms with E-state index < -0.39 is 10.0 Å². The summed E-state index contributed by atoms with van der Waals surface area (Å²) >= 11 is 0. The van der Waals surface area contributed by atoms with Gasteiger partial charge in [-0.3, -0.25) is 4.90 Å². The average Bonchev–Trinajstić information content (AvgIpc) is 3.41. The number of unbranched alkanes of at least 4 members (excludes halogenated alkanes) is 4. The fourth-order valence-electron chi connectivity index (χ4n) is 4.61. The topological polar surface area (TPSA) is 76.9 Å². The highest BCUT2D eigenvalue weighted by molar-refractivity contribution is 7.89. The summed E-state index contributed by atoms with van der Waals surface area (Å²) in [5.41, 5.74) is 0. The zero-order valence-corrected chi connectivity index (χ0v) is 20.2. The molecule has 8 nitrogen and oxygen atoms in total. The zero-order valence-electron chi connectivity index (χ0n) is 19.4. The number of aryl methyl sites for hydroxylation is 1.